The van der Waals surface area contributed by atoms with Crippen LogP contribution < -0.4 is 10.0 Å². The van der Waals surface area contributed by atoms with Crippen molar-refractivity contribution in [3.63, 3.8) is 0 Å². The molecule has 4 nitrogen and oxygen atoms in total. The monoisotopic (exact) mass is 382 g/mol. The van der Waals surface area contributed by atoms with E-state index in [0.717, 1.165) is 30.7 Å². The van der Waals surface area contributed by atoms with Gasteiger partial charge in [-0.05, 0) is 47.8 Å². The molecule has 0 saturated heterocycles. The lowest BCUT2D eigenvalue weighted by molar-refractivity contribution is 0.530. The zero-order chi connectivity index (χ0) is 15.2. The highest BCUT2D eigenvalue weighted by Crippen LogP contribution is 2.31. The van der Waals surface area contributed by atoms with Gasteiger partial charge in [0.1, 0.15) is 4.90 Å². The van der Waals surface area contributed by atoms with Crippen molar-refractivity contribution in [2.45, 2.75) is 57.5 Å². The van der Waals surface area contributed by atoms with Gasteiger partial charge in [0, 0.05) is 17.5 Å². The molecule has 1 aromatic rings. The van der Waals surface area contributed by atoms with Gasteiger partial charge in [-0.1, -0.05) is 20.8 Å². The van der Waals surface area contributed by atoms with Gasteiger partial charge in [-0.25, -0.2) is 13.1 Å². The molecule has 0 aliphatic carbocycles. The third kappa shape index (κ3) is 5.11. The Labute approximate surface area is 134 Å². The Morgan fingerprint density at radius 2 is 1.95 bits per heavy atom. The van der Waals surface area contributed by atoms with Crippen LogP contribution in [0.3, 0.4) is 0 Å². The Morgan fingerprint density at radius 3 is 2.50 bits per heavy atom. The van der Waals surface area contributed by atoms with Gasteiger partial charge >= 0.3 is 0 Å². The van der Waals surface area contributed by atoms with Crippen LogP contribution in [-0.2, 0) is 16.6 Å². The molecule has 1 heterocycles. The smallest absolute Gasteiger partial charge is 0.242 e. The van der Waals surface area contributed by atoms with Crippen LogP contribution in [0.25, 0.3) is 0 Å². The van der Waals surface area contributed by atoms with Gasteiger partial charge in [-0.15, -0.1) is 11.3 Å². The minimum Gasteiger partial charge on any atom is -0.312 e. The van der Waals surface area contributed by atoms with Gasteiger partial charge in [0.25, 0.3) is 0 Å². The average Bonchev–Trinajstić information content (AvgIpc) is 2.78. The molecule has 0 atom stereocenters. The molecule has 7 heteroatoms. The number of halogens is 1. The van der Waals surface area contributed by atoms with Crippen molar-refractivity contribution in [3.8, 4) is 0 Å². The molecule has 0 fully saturated rings. The first-order valence-electron chi connectivity index (χ1n) is 6.95. The molecule has 0 radical (unpaired) electrons. The lowest BCUT2D eigenvalue weighted by Gasteiger charge is -2.14. The number of nitrogens with one attached hydrogen (secondary N) is 2. The summed E-state index contributed by atoms with van der Waals surface area (Å²) in [4.78, 5) is 1.37. The first-order valence-corrected chi connectivity index (χ1v) is 10.0. The van der Waals surface area contributed by atoms with Crippen LogP contribution in [0.15, 0.2) is 14.7 Å². The van der Waals surface area contributed by atoms with E-state index >= 15 is 0 Å². The largest absolute Gasteiger partial charge is 0.312 e. The van der Waals surface area contributed by atoms with Gasteiger partial charge < -0.3 is 5.32 Å². The normalized spacial score (nSPS) is 12.2. The summed E-state index contributed by atoms with van der Waals surface area (Å²) < 4.78 is 28.2. The minimum absolute atomic E-state index is 0.00605. The van der Waals surface area contributed by atoms with Crippen LogP contribution >= 0.6 is 27.3 Å². The predicted molar refractivity (Wildman–Crippen MR) is 88.7 cm³/mol. The lowest BCUT2D eigenvalue weighted by atomic mass is 10.2. The summed E-state index contributed by atoms with van der Waals surface area (Å²) >= 11 is 4.84. The summed E-state index contributed by atoms with van der Waals surface area (Å²) in [6.07, 6.45) is 2.65. The predicted octanol–water partition coefficient (Wildman–Crippen LogP) is 3.48. The van der Waals surface area contributed by atoms with Gasteiger partial charge in [0.15, 0.2) is 0 Å². The molecule has 0 aliphatic heterocycles. The molecule has 2 N–H and O–H groups in total. The van der Waals surface area contributed by atoms with Crippen molar-refractivity contribution in [2.24, 2.45) is 0 Å². The average molecular weight is 383 g/mol. The first kappa shape index (κ1) is 18.1. The molecule has 0 amide bonds. The highest BCUT2D eigenvalue weighted by molar-refractivity contribution is 9.11. The van der Waals surface area contributed by atoms with Crippen LogP contribution in [0.4, 0.5) is 0 Å². The summed E-state index contributed by atoms with van der Waals surface area (Å²) in [7, 11) is -3.44. The Bertz CT molecular complexity index is 510. The maximum Gasteiger partial charge on any atom is 0.242 e. The number of hydrogen-bond donors (Lipinski definition) is 2. The summed E-state index contributed by atoms with van der Waals surface area (Å²) in [5, 5.41) is 3.28. The molecule has 1 rings (SSSR count). The van der Waals surface area contributed by atoms with Gasteiger partial charge in [0.05, 0.1) is 3.79 Å². The fourth-order valence-electron chi connectivity index (χ4n) is 1.79. The van der Waals surface area contributed by atoms with Crippen molar-refractivity contribution >= 4 is 37.3 Å². The van der Waals surface area contributed by atoms with E-state index in [1.807, 2.05) is 13.8 Å². The quantitative estimate of drug-likeness (QED) is 0.642. The van der Waals surface area contributed by atoms with E-state index < -0.39 is 10.0 Å². The van der Waals surface area contributed by atoms with E-state index in [4.69, 9.17) is 0 Å². The third-order valence-corrected chi connectivity index (χ3v) is 6.80. The minimum atomic E-state index is -3.44. The molecule has 1 aromatic heterocycles. The molecule has 0 saturated carbocycles. The Kier molecular flexibility index (Phi) is 7.68. The van der Waals surface area contributed by atoms with Crippen LogP contribution in [0, 0.1) is 0 Å². The van der Waals surface area contributed by atoms with Crippen molar-refractivity contribution in [3.05, 3.63) is 14.7 Å². The second-order valence-corrected chi connectivity index (χ2v) is 8.80. The SMILES string of the molecule is CCCNCc1cc(S(=O)(=O)NC(CC)CC)c(Br)s1. The maximum atomic E-state index is 12.4. The van der Waals surface area contributed by atoms with E-state index in [1.165, 1.54) is 11.3 Å². The fraction of sp³-hybridized carbons (Fsp3) is 0.692. The molecular weight excluding hydrogens is 360 g/mol. The van der Waals surface area contributed by atoms with Crippen LogP contribution in [0.5, 0.6) is 0 Å². The van der Waals surface area contributed by atoms with Gasteiger partial charge in [0.2, 0.25) is 10.0 Å². The standard InChI is InChI=1S/C13H23BrN2O2S2/c1-4-7-15-9-11-8-12(13(14)19-11)20(17,18)16-10(5-2)6-3/h8,10,15-16H,4-7,9H2,1-3H3. The zero-order valence-corrected chi connectivity index (χ0v) is 15.4. The molecule has 0 spiro atoms. The Morgan fingerprint density at radius 1 is 1.30 bits per heavy atom. The van der Waals surface area contributed by atoms with Crippen LogP contribution in [0.2, 0.25) is 0 Å². The first-order chi connectivity index (χ1) is 9.44. The van der Waals surface area contributed by atoms with Gasteiger partial charge in [-0.3, -0.25) is 0 Å². The van der Waals surface area contributed by atoms with Crippen molar-refractivity contribution in [1.29, 1.82) is 0 Å². The molecular formula is C13H23BrN2O2S2. The van der Waals surface area contributed by atoms with Crippen LogP contribution in [-0.4, -0.2) is 21.0 Å². The van der Waals surface area contributed by atoms with E-state index in [-0.39, 0.29) is 6.04 Å². The maximum absolute atomic E-state index is 12.4. The number of sulfonamides is 1. The highest BCUT2D eigenvalue weighted by atomic mass is 79.9. The molecule has 0 bridgehead atoms. The van der Waals surface area contributed by atoms with E-state index in [2.05, 4.69) is 32.9 Å². The topological polar surface area (TPSA) is 58.2 Å². The van der Waals surface area contributed by atoms with Crippen LogP contribution in [0.1, 0.15) is 44.9 Å². The van der Waals surface area contributed by atoms with E-state index in [0.29, 0.717) is 15.2 Å². The van der Waals surface area contributed by atoms with Crippen molar-refractivity contribution < 1.29 is 8.42 Å². The van der Waals surface area contributed by atoms with E-state index in [9.17, 15) is 8.42 Å². The van der Waals surface area contributed by atoms with E-state index in [1.54, 1.807) is 6.07 Å². The summed E-state index contributed by atoms with van der Waals surface area (Å²) in [6, 6.07) is 1.75. The second kappa shape index (κ2) is 8.48. The zero-order valence-electron chi connectivity index (χ0n) is 12.2. The third-order valence-electron chi connectivity index (χ3n) is 3.03. The molecule has 20 heavy (non-hydrogen) atoms. The number of thiophene rings is 1. The Hall–Kier alpha value is 0.0500. The number of rotatable bonds is 9. The van der Waals surface area contributed by atoms with Crippen molar-refractivity contribution in [1.82, 2.24) is 10.0 Å². The summed E-state index contributed by atoms with van der Waals surface area (Å²) in [5.41, 5.74) is 0. The van der Waals surface area contributed by atoms with Gasteiger partial charge in [-0.2, -0.15) is 0 Å². The summed E-state index contributed by atoms with van der Waals surface area (Å²) in [6.45, 7) is 7.72. The highest BCUT2D eigenvalue weighted by Gasteiger charge is 2.23. The molecule has 0 aromatic carbocycles. The number of hydrogen-bond acceptors (Lipinski definition) is 4. The Balaban J connectivity index is 2.84. The molecule has 0 aliphatic rings. The summed E-state index contributed by atoms with van der Waals surface area (Å²) in [5.74, 6) is 0. The fourth-order valence-corrected chi connectivity index (χ4v) is 5.85. The lowest BCUT2D eigenvalue weighted by Crippen LogP contribution is -2.33. The molecule has 0 unspecified atom stereocenters. The van der Waals surface area contributed by atoms with Crippen molar-refractivity contribution in [2.75, 3.05) is 6.54 Å². The second-order valence-electron chi connectivity index (χ2n) is 4.66. The molecule has 116 valence electrons.